The molecule has 0 spiro atoms. The van der Waals surface area contributed by atoms with Gasteiger partial charge in [-0.15, -0.1) is 0 Å². The number of para-hydroxylation sites is 4. The number of aromatic nitrogens is 1. The lowest BCUT2D eigenvalue weighted by molar-refractivity contribution is 0.670. The molecule has 0 saturated heterocycles. The normalized spacial score (nSPS) is 11.7. The van der Waals surface area contributed by atoms with Gasteiger partial charge in [0.05, 0.1) is 16.7 Å². The van der Waals surface area contributed by atoms with Crippen molar-refractivity contribution < 1.29 is 4.42 Å². The molecule has 0 bridgehead atoms. The van der Waals surface area contributed by atoms with E-state index in [1.54, 1.807) is 0 Å². The maximum atomic E-state index is 6.86. The third-order valence-electron chi connectivity index (χ3n) is 12.0. The van der Waals surface area contributed by atoms with Crippen LogP contribution in [0.15, 0.2) is 223 Å². The van der Waals surface area contributed by atoms with Gasteiger partial charge in [-0.25, -0.2) is 0 Å². The Labute approximate surface area is 341 Å². The van der Waals surface area contributed by atoms with E-state index >= 15 is 0 Å². The van der Waals surface area contributed by atoms with Crippen LogP contribution < -0.4 is 4.90 Å². The Balaban J connectivity index is 1.06. The smallest absolute Gasteiger partial charge is 0.145 e. The molecule has 0 fully saturated rings. The molecule has 0 N–H and O–H groups in total. The summed E-state index contributed by atoms with van der Waals surface area (Å²) in [5.74, 6) is 0. The highest BCUT2D eigenvalue weighted by Gasteiger charge is 2.23. The van der Waals surface area contributed by atoms with E-state index in [2.05, 4.69) is 222 Å². The fraction of sp³-hybridized carbons (Fsp3) is 0. The van der Waals surface area contributed by atoms with Gasteiger partial charge in [0.25, 0.3) is 0 Å². The van der Waals surface area contributed by atoms with Gasteiger partial charge < -0.3 is 13.9 Å². The lowest BCUT2D eigenvalue weighted by Crippen LogP contribution is -2.11. The average molecular weight is 753 g/mol. The molecule has 0 amide bonds. The molecule has 276 valence electrons. The van der Waals surface area contributed by atoms with E-state index in [4.69, 9.17) is 4.42 Å². The lowest BCUT2D eigenvalue weighted by Gasteiger charge is -2.28. The molecule has 0 saturated carbocycles. The van der Waals surface area contributed by atoms with Crippen LogP contribution in [0.1, 0.15) is 0 Å². The Kier molecular flexibility index (Phi) is 7.54. The van der Waals surface area contributed by atoms with Crippen molar-refractivity contribution >= 4 is 82.4 Å². The van der Waals surface area contributed by atoms with Gasteiger partial charge in [0.15, 0.2) is 0 Å². The molecule has 2 aromatic heterocycles. The second-order valence-corrected chi connectivity index (χ2v) is 15.3. The number of benzene rings is 10. The summed E-state index contributed by atoms with van der Waals surface area (Å²) in [5.41, 5.74) is 12.8. The Morgan fingerprint density at radius 3 is 1.73 bits per heavy atom. The topological polar surface area (TPSA) is 21.3 Å². The molecule has 0 aliphatic carbocycles. The maximum absolute atomic E-state index is 6.86. The van der Waals surface area contributed by atoms with Gasteiger partial charge in [-0.05, 0) is 111 Å². The number of hydrogen-bond acceptors (Lipinski definition) is 2. The fourth-order valence-corrected chi connectivity index (χ4v) is 9.23. The van der Waals surface area contributed by atoms with Crippen LogP contribution >= 0.6 is 0 Å². The van der Waals surface area contributed by atoms with E-state index in [1.165, 1.54) is 48.9 Å². The number of rotatable bonds is 6. The minimum Gasteiger partial charge on any atom is -0.455 e. The highest BCUT2D eigenvalue weighted by atomic mass is 16.3. The highest BCUT2D eigenvalue weighted by molar-refractivity contribution is 6.14. The van der Waals surface area contributed by atoms with Crippen molar-refractivity contribution in [3.8, 4) is 27.9 Å². The molecule has 0 aliphatic heterocycles. The first-order chi connectivity index (χ1) is 29.3. The summed E-state index contributed by atoms with van der Waals surface area (Å²) >= 11 is 0. The summed E-state index contributed by atoms with van der Waals surface area (Å²) in [7, 11) is 0. The molecule has 3 heteroatoms. The van der Waals surface area contributed by atoms with Gasteiger partial charge in [-0.1, -0.05) is 146 Å². The molecule has 0 aliphatic rings. The highest BCUT2D eigenvalue weighted by Crippen LogP contribution is 2.47. The van der Waals surface area contributed by atoms with Crippen molar-refractivity contribution in [2.75, 3.05) is 4.90 Å². The Morgan fingerprint density at radius 2 is 0.949 bits per heavy atom. The Bertz CT molecular complexity index is 3500. The van der Waals surface area contributed by atoms with E-state index in [1.807, 2.05) is 6.07 Å². The van der Waals surface area contributed by atoms with Crippen LogP contribution in [0.5, 0.6) is 0 Å². The second-order valence-electron chi connectivity index (χ2n) is 15.3. The predicted octanol–water partition coefficient (Wildman–Crippen LogP) is 15.8. The quantitative estimate of drug-likeness (QED) is 0.158. The first kappa shape index (κ1) is 33.3. The number of furan rings is 1. The van der Waals surface area contributed by atoms with Crippen LogP contribution in [0.25, 0.3) is 93.2 Å². The van der Waals surface area contributed by atoms with Crippen LogP contribution in [-0.2, 0) is 0 Å². The predicted molar refractivity (Wildman–Crippen MR) is 249 cm³/mol. The van der Waals surface area contributed by atoms with Crippen LogP contribution in [0.4, 0.5) is 17.1 Å². The monoisotopic (exact) mass is 752 g/mol. The molecule has 10 aromatic carbocycles. The number of anilines is 3. The molecule has 0 unspecified atom stereocenters. The molecule has 59 heavy (non-hydrogen) atoms. The Hall–Kier alpha value is -7.88. The molecular weight excluding hydrogens is 717 g/mol. The zero-order chi connectivity index (χ0) is 38.9. The van der Waals surface area contributed by atoms with Crippen LogP contribution in [0.2, 0.25) is 0 Å². The van der Waals surface area contributed by atoms with Gasteiger partial charge in [0.1, 0.15) is 11.2 Å². The maximum Gasteiger partial charge on any atom is 0.145 e. The van der Waals surface area contributed by atoms with Crippen molar-refractivity contribution in [3.05, 3.63) is 218 Å². The van der Waals surface area contributed by atoms with Crippen molar-refractivity contribution in [1.82, 2.24) is 4.57 Å². The zero-order valence-corrected chi connectivity index (χ0v) is 32.1. The standard InChI is InChI=1S/C56H36N2O/c1-2-15-42(16-3-1)57(44-17-12-14-40(35-44)41-28-27-38-26-25-37-13-4-5-18-45(37)50(38)36-41)53-34-33-49-48-21-8-11-24-54(48)59-56(49)55(53)39-29-31-43(32-30-39)58-51-22-9-6-19-46(51)47-20-7-10-23-52(47)58/h1-36H. The zero-order valence-electron chi connectivity index (χ0n) is 32.1. The largest absolute Gasteiger partial charge is 0.455 e. The molecular formula is C56H36N2O. The summed E-state index contributed by atoms with van der Waals surface area (Å²) in [6.45, 7) is 0. The van der Waals surface area contributed by atoms with E-state index in [9.17, 15) is 0 Å². The molecule has 0 atom stereocenters. The van der Waals surface area contributed by atoms with Gasteiger partial charge in [-0.2, -0.15) is 0 Å². The minimum atomic E-state index is 0.867. The van der Waals surface area contributed by atoms with E-state index < -0.39 is 0 Å². The summed E-state index contributed by atoms with van der Waals surface area (Å²) in [5, 5.41) is 9.71. The van der Waals surface area contributed by atoms with Crippen LogP contribution in [0.3, 0.4) is 0 Å². The van der Waals surface area contributed by atoms with E-state index in [0.29, 0.717) is 0 Å². The molecule has 3 nitrogen and oxygen atoms in total. The number of nitrogens with zero attached hydrogens (tertiary/aromatic N) is 2. The summed E-state index contributed by atoms with van der Waals surface area (Å²) < 4.78 is 9.23. The van der Waals surface area contributed by atoms with Gasteiger partial charge in [0, 0.05) is 44.2 Å². The SMILES string of the molecule is c1ccc(N(c2cccc(-c3ccc4ccc5ccccc5c4c3)c2)c2ccc3c(oc4ccccc43)c2-c2ccc(-n3c4ccccc4c4ccccc43)cc2)cc1. The first-order valence-electron chi connectivity index (χ1n) is 20.2. The molecule has 0 radical (unpaired) electrons. The second kappa shape index (κ2) is 13.4. The van der Waals surface area contributed by atoms with Gasteiger partial charge in [0.2, 0.25) is 0 Å². The fourth-order valence-electron chi connectivity index (χ4n) is 9.23. The van der Waals surface area contributed by atoms with Crippen molar-refractivity contribution in [2.24, 2.45) is 0 Å². The lowest BCUT2D eigenvalue weighted by atomic mass is 9.96. The minimum absolute atomic E-state index is 0.867. The van der Waals surface area contributed by atoms with Crippen LogP contribution in [-0.4, -0.2) is 4.57 Å². The number of hydrogen-bond donors (Lipinski definition) is 0. The molecule has 2 heterocycles. The Morgan fingerprint density at radius 1 is 0.356 bits per heavy atom. The molecule has 12 rings (SSSR count). The van der Waals surface area contributed by atoms with Gasteiger partial charge >= 0.3 is 0 Å². The first-order valence-corrected chi connectivity index (χ1v) is 20.2. The third-order valence-corrected chi connectivity index (χ3v) is 12.0. The summed E-state index contributed by atoms with van der Waals surface area (Å²) in [6.07, 6.45) is 0. The summed E-state index contributed by atoms with van der Waals surface area (Å²) in [4.78, 5) is 2.38. The summed E-state index contributed by atoms with van der Waals surface area (Å²) in [6, 6.07) is 78.7. The van der Waals surface area contributed by atoms with E-state index in [0.717, 1.165) is 61.4 Å². The van der Waals surface area contributed by atoms with Gasteiger partial charge in [-0.3, -0.25) is 0 Å². The molecule has 12 aromatic rings. The van der Waals surface area contributed by atoms with Crippen molar-refractivity contribution in [1.29, 1.82) is 0 Å². The third kappa shape index (κ3) is 5.36. The van der Waals surface area contributed by atoms with Crippen molar-refractivity contribution in [2.45, 2.75) is 0 Å². The van der Waals surface area contributed by atoms with Crippen molar-refractivity contribution in [3.63, 3.8) is 0 Å². The number of fused-ring (bicyclic) bond motifs is 9. The van der Waals surface area contributed by atoms with E-state index in [-0.39, 0.29) is 0 Å². The average Bonchev–Trinajstić information content (AvgIpc) is 3.85. The van der Waals surface area contributed by atoms with Crippen LogP contribution in [0, 0.1) is 0 Å².